The maximum Gasteiger partial charge on any atom is 0.234 e. The Morgan fingerprint density at radius 2 is 2.12 bits per heavy atom. The molecule has 7 heteroatoms. The molecule has 0 saturated carbocycles. The van der Waals surface area contributed by atoms with E-state index in [2.05, 4.69) is 29.4 Å². The van der Waals surface area contributed by atoms with Gasteiger partial charge in [-0.25, -0.2) is 4.68 Å². The quantitative estimate of drug-likeness (QED) is 0.705. The summed E-state index contributed by atoms with van der Waals surface area (Å²) in [5.74, 6) is 1.32. The average Bonchev–Trinajstić information content (AvgIpc) is 3.34. The molecule has 1 atom stereocenters. The van der Waals surface area contributed by atoms with Crippen molar-refractivity contribution >= 4 is 17.7 Å². The van der Waals surface area contributed by atoms with Crippen LogP contribution in [0.25, 0.3) is 0 Å². The van der Waals surface area contributed by atoms with Gasteiger partial charge in [-0.15, -0.1) is 16.9 Å². The summed E-state index contributed by atoms with van der Waals surface area (Å²) in [6.45, 7) is 3.21. The minimum atomic E-state index is -0.122. The number of carbonyl (C=O) groups excluding carboxylic acids is 1. The van der Waals surface area contributed by atoms with E-state index < -0.39 is 0 Å². The smallest absolute Gasteiger partial charge is 0.234 e. The van der Waals surface area contributed by atoms with Gasteiger partial charge in [-0.2, -0.15) is 0 Å². The fourth-order valence-corrected chi connectivity index (χ4v) is 4.02. The fraction of sp³-hybridized carbons (Fsp3) is 0.278. The van der Waals surface area contributed by atoms with Gasteiger partial charge in [0.15, 0.2) is 0 Å². The van der Waals surface area contributed by atoms with Crippen LogP contribution in [0.3, 0.4) is 0 Å². The number of amides is 1. The molecule has 1 saturated heterocycles. The van der Waals surface area contributed by atoms with Crippen molar-refractivity contribution in [2.75, 3.05) is 5.75 Å². The van der Waals surface area contributed by atoms with Gasteiger partial charge in [-0.3, -0.25) is 4.79 Å². The second-order valence-electron chi connectivity index (χ2n) is 6.03. The van der Waals surface area contributed by atoms with Crippen molar-refractivity contribution in [3.8, 4) is 0 Å². The third-order valence-electron chi connectivity index (χ3n) is 4.28. The first-order valence-electron chi connectivity index (χ1n) is 8.09. The van der Waals surface area contributed by atoms with Crippen LogP contribution in [0, 0.1) is 6.92 Å². The summed E-state index contributed by atoms with van der Waals surface area (Å²) in [4.78, 5) is 14.0. The van der Waals surface area contributed by atoms with Gasteiger partial charge in [0.1, 0.15) is 16.8 Å². The molecule has 1 amide bonds. The molecule has 4 rings (SSSR count). The zero-order chi connectivity index (χ0) is 17.2. The van der Waals surface area contributed by atoms with Gasteiger partial charge < -0.3 is 9.32 Å². The molecular weight excluding hydrogens is 336 g/mol. The molecule has 0 radical (unpaired) electrons. The van der Waals surface area contributed by atoms with Gasteiger partial charge >= 0.3 is 0 Å². The van der Waals surface area contributed by atoms with Gasteiger partial charge in [-0.1, -0.05) is 29.5 Å². The molecule has 1 aliphatic heterocycles. The Hall–Kier alpha value is -2.54. The lowest BCUT2D eigenvalue weighted by Crippen LogP contribution is -2.27. The highest BCUT2D eigenvalue weighted by molar-refractivity contribution is 8.00. The monoisotopic (exact) mass is 354 g/mol. The maximum absolute atomic E-state index is 12.2. The predicted molar refractivity (Wildman–Crippen MR) is 94.8 cm³/mol. The number of nitrogens with zero attached hydrogens (tertiary/aromatic N) is 4. The van der Waals surface area contributed by atoms with Gasteiger partial charge in [0.2, 0.25) is 5.91 Å². The molecule has 0 aliphatic carbocycles. The normalized spacial score (nSPS) is 17.4. The number of aryl methyl sites for hydroxylation is 1. The third kappa shape index (κ3) is 3.32. The molecule has 3 heterocycles. The lowest BCUT2D eigenvalue weighted by Gasteiger charge is -2.20. The zero-order valence-electron chi connectivity index (χ0n) is 13.8. The molecule has 1 unspecified atom stereocenters. The van der Waals surface area contributed by atoms with Crippen molar-refractivity contribution in [2.45, 2.75) is 25.4 Å². The van der Waals surface area contributed by atoms with Crippen LogP contribution in [0.2, 0.25) is 0 Å². The van der Waals surface area contributed by atoms with E-state index in [4.69, 9.17) is 4.42 Å². The van der Waals surface area contributed by atoms with Crippen LogP contribution in [0.5, 0.6) is 0 Å². The number of carbonyl (C=O) groups is 1. The van der Waals surface area contributed by atoms with Crippen LogP contribution in [-0.4, -0.2) is 31.6 Å². The van der Waals surface area contributed by atoms with Crippen molar-refractivity contribution in [2.24, 2.45) is 0 Å². The summed E-state index contributed by atoms with van der Waals surface area (Å²) in [6.07, 6.45) is 3.55. The maximum atomic E-state index is 12.2. The summed E-state index contributed by atoms with van der Waals surface area (Å²) in [5, 5.41) is 8.43. The fourth-order valence-electron chi connectivity index (χ4n) is 2.91. The Balaban J connectivity index is 1.52. The molecule has 128 valence electrons. The summed E-state index contributed by atoms with van der Waals surface area (Å²) < 4.78 is 7.21. The number of benzene rings is 1. The SMILES string of the molecule is Cc1ccccc1Cn1cc(C2SCC(=O)N2Cc2ccco2)nn1. The molecule has 0 bridgehead atoms. The minimum Gasteiger partial charge on any atom is -0.467 e. The highest BCUT2D eigenvalue weighted by Crippen LogP contribution is 2.38. The van der Waals surface area contributed by atoms with Gasteiger partial charge in [0.25, 0.3) is 0 Å². The number of aromatic nitrogens is 3. The van der Waals surface area contributed by atoms with Crippen molar-refractivity contribution in [1.29, 1.82) is 0 Å². The Kier molecular flexibility index (Phi) is 4.31. The van der Waals surface area contributed by atoms with Crippen LogP contribution >= 0.6 is 11.8 Å². The molecule has 0 spiro atoms. The van der Waals surface area contributed by atoms with Crippen LogP contribution in [-0.2, 0) is 17.9 Å². The number of hydrogen-bond acceptors (Lipinski definition) is 5. The van der Waals surface area contributed by atoms with E-state index in [0.29, 0.717) is 18.8 Å². The van der Waals surface area contributed by atoms with Crippen LogP contribution < -0.4 is 0 Å². The van der Waals surface area contributed by atoms with Crippen molar-refractivity contribution in [3.63, 3.8) is 0 Å². The lowest BCUT2D eigenvalue weighted by molar-refractivity contribution is -0.128. The van der Waals surface area contributed by atoms with Crippen molar-refractivity contribution in [1.82, 2.24) is 19.9 Å². The Morgan fingerprint density at radius 1 is 1.24 bits per heavy atom. The molecule has 1 fully saturated rings. The summed E-state index contributed by atoms with van der Waals surface area (Å²) in [6, 6.07) is 11.9. The highest BCUT2D eigenvalue weighted by Gasteiger charge is 2.35. The molecule has 3 aromatic rings. The minimum absolute atomic E-state index is 0.0971. The second-order valence-corrected chi connectivity index (χ2v) is 7.10. The van der Waals surface area contributed by atoms with Crippen LogP contribution in [0.1, 0.15) is 28.0 Å². The molecule has 1 aliphatic rings. The summed E-state index contributed by atoms with van der Waals surface area (Å²) in [7, 11) is 0. The first kappa shape index (κ1) is 16.0. The Morgan fingerprint density at radius 3 is 2.92 bits per heavy atom. The first-order valence-corrected chi connectivity index (χ1v) is 9.13. The van der Waals surface area contributed by atoms with E-state index in [1.165, 1.54) is 11.1 Å². The predicted octanol–water partition coefficient (Wildman–Crippen LogP) is 3.00. The van der Waals surface area contributed by atoms with Crippen molar-refractivity contribution < 1.29 is 9.21 Å². The lowest BCUT2D eigenvalue weighted by atomic mass is 10.1. The topological polar surface area (TPSA) is 64.2 Å². The first-order chi connectivity index (χ1) is 12.2. The van der Waals surface area contributed by atoms with Crippen molar-refractivity contribution in [3.05, 3.63) is 71.4 Å². The Labute approximate surface area is 149 Å². The van der Waals surface area contributed by atoms with E-state index in [0.717, 1.165) is 11.5 Å². The number of thioether (sulfide) groups is 1. The van der Waals surface area contributed by atoms with E-state index in [1.54, 1.807) is 22.9 Å². The van der Waals surface area contributed by atoms with Gasteiger partial charge in [0, 0.05) is 0 Å². The van der Waals surface area contributed by atoms with E-state index in [1.807, 2.05) is 35.1 Å². The van der Waals surface area contributed by atoms with Gasteiger partial charge in [-0.05, 0) is 30.2 Å². The zero-order valence-corrected chi connectivity index (χ0v) is 14.6. The average molecular weight is 354 g/mol. The van der Waals surface area contributed by atoms with E-state index in [-0.39, 0.29) is 11.3 Å². The molecule has 6 nitrogen and oxygen atoms in total. The van der Waals surface area contributed by atoms with Crippen LogP contribution in [0.15, 0.2) is 53.3 Å². The number of rotatable bonds is 5. The second kappa shape index (κ2) is 6.76. The largest absolute Gasteiger partial charge is 0.467 e. The van der Waals surface area contributed by atoms with Gasteiger partial charge in [0.05, 0.1) is 31.3 Å². The summed E-state index contributed by atoms with van der Waals surface area (Å²) in [5.41, 5.74) is 3.24. The van der Waals surface area contributed by atoms with Crippen LogP contribution in [0.4, 0.5) is 0 Å². The van der Waals surface area contributed by atoms with E-state index >= 15 is 0 Å². The molecule has 0 N–H and O–H groups in total. The molecule has 2 aromatic heterocycles. The third-order valence-corrected chi connectivity index (χ3v) is 5.50. The Bertz CT molecular complexity index is 875. The summed E-state index contributed by atoms with van der Waals surface area (Å²) >= 11 is 1.58. The standard InChI is InChI=1S/C18H18N4O2S/c1-13-5-2-3-6-14(13)9-21-11-16(19-20-21)18-22(17(23)12-25-18)10-15-7-4-8-24-15/h2-8,11,18H,9-10,12H2,1H3. The number of hydrogen-bond donors (Lipinski definition) is 0. The highest BCUT2D eigenvalue weighted by atomic mass is 32.2. The molecule has 25 heavy (non-hydrogen) atoms. The number of furan rings is 1. The molecular formula is C18H18N4O2S. The molecule has 1 aromatic carbocycles. The van der Waals surface area contributed by atoms with E-state index in [9.17, 15) is 4.79 Å².